The highest BCUT2D eigenvalue weighted by atomic mass is 17.1. The maximum absolute atomic E-state index is 8.25. The zero-order valence-electron chi connectivity index (χ0n) is 7.45. The molecule has 0 aromatic heterocycles. The molecule has 1 N–H and O–H groups in total. The van der Waals surface area contributed by atoms with E-state index in [2.05, 4.69) is 24.8 Å². The zero-order chi connectivity index (χ0) is 8.97. The molecule has 0 unspecified atom stereocenters. The number of benzene rings is 1. The molecule has 0 bridgehead atoms. The summed E-state index contributed by atoms with van der Waals surface area (Å²) >= 11 is 0. The average Bonchev–Trinajstić information content (AvgIpc) is 2.05. The van der Waals surface area contributed by atoms with Crippen molar-refractivity contribution >= 4 is 0 Å². The van der Waals surface area contributed by atoms with Crippen molar-refractivity contribution in [2.24, 2.45) is 0 Å². The third-order valence-corrected chi connectivity index (χ3v) is 1.85. The van der Waals surface area contributed by atoms with Crippen LogP contribution in [0.5, 0.6) is 0 Å². The molecule has 12 heavy (non-hydrogen) atoms. The maximum atomic E-state index is 8.25. The lowest BCUT2D eigenvalue weighted by atomic mass is 10.0. The third-order valence-electron chi connectivity index (χ3n) is 1.85. The molecule has 0 saturated carbocycles. The van der Waals surface area contributed by atoms with Crippen molar-refractivity contribution in [3.05, 3.63) is 35.4 Å². The van der Waals surface area contributed by atoms with E-state index in [1.54, 1.807) is 0 Å². The van der Waals surface area contributed by atoms with E-state index in [0.717, 1.165) is 5.56 Å². The van der Waals surface area contributed by atoms with Crippen LogP contribution in [-0.4, -0.2) is 5.26 Å². The summed E-state index contributed by atoms with van der Waals surface area (Å²) in [6.07, 6.45) is 0. The first kappa shape index (κ1) is 9.23. The molecular formula is C10H14O2. The van der Waals surface area contributed by atoms with Gasteiger partial charge in [0.1, 0.15) is 6.61 Å². The molecule has 2 nitrogen and oxygen atoms in total. The second kappa shape index (κ2) is 4.24. The lowest BCUT2D eigenvalue weighted by Crippen LogP contribution is -1.92. The highest BCUT2D eigenvalue weighted by Crippen LogP contribution is 2.15. The normalized spacial score (nSPS) is 10.7. The minimum Gasteiger partial charge on any atom is -0.251 e. The SMILES string of the molecule is CC(C)c1cccc(COO)c1. The fourth-order valence-corrected chi connectivity index (χ4v) is 1.12. The monoisotopic (exact) mass is 166 g/mol. The summed E-state index contributed by atoms with van der Waals surface area (Å²) in [4.78, 5) is 4.06. The molecule has 0 amide bonds. The Labute approximate surface area is 72.7 Å². The van der Waals surface area contributed by atoms with Gasteiger partial charge >= 0.3 is 0 Å². The molecule has 1 rings (SSSR count). The van der Waals surface area contributed by atoms with Crippen LogP contribution in [-0.2, 0) is 11.5 Å². The summed E-state index contributed by atoms with van der Waals surface area (Å²) in [5, 5.41) is 8.25. The van der Waals surface area contributed by atoms with Gasteiger partial charge in [0, 0.05) is 0 Å². The van der Waals surface area contributed by atoms with Gasteiger partial charge in [0.2, 0.25) is 0 Å². The van der Waals surface area contributed by atoms with Crippen molar-refractivity contribution < 1.29 is 10.1 Å². The van der Waals surface area contributed by atoms with Gasteiger partial charge in [-0.05, 0) is 17.0 Å². The molecule has 1 aromatic carbocycles. The Balaban J connectivity index is 2.81. The summed E-state index contributed by atoms with van der Waals surface area (Å²) in [5.41, 5.74) is 2.27. The molecule has 1 aromatic rings. The molecule has 0 spiro atoms. The Hall–Kier alpha value is -0.860. The van der Waals surface area contributed by atoms with Crippen LogP contribution >= 0.6 is 0 Å². The third kappa shape index (κ3) is 2.32. The fraction of sp³-hybridized carbons (Fsp3) is 0.400. The quantitative estimate of drug-likeness (QED) is 0.552. The lowest BCUT2D eigenvalue weighted by Gasteiger charge is -2.06. The van der Waals surface area contributed by atoms with E-state index < -0.39 is 0 Å². The maximum Gasteiger partial charge on any atom is 0.107 e. The zero-order valence-corrected chi connectivity index (χ0v) is 7.45. The predicted octanol–water partition coefficient (Wildman–Crippen LogP) is 2.80. The van der Waals surface area contributed by atoms with E-state index in [1.165, 1.54) is 5.56 Å². The van der Waals surface area contributed by atoms with Crippen molar-refractivity contribution in [1.82, 2.24) is 0 Å². The minimum absolute atomic E-state index is 0.264. The van der Waals surface area contributed by atoms with E-state index in [-0.39, 0.29) is 6.61 Å². The van der Waals surface area contributed by atoms with E-state index in [4.69, 9.17) is 5.26 Å². The number of rotatable bonds is 3. The number of hydrogen-bond acceptors (Lipinski definition) is 2. The smallest absolute Gasteiger partial charge is 0.107 e. The van der Waals surface area contributed by atoms with Gasteiger partial charge < -0.3 is 0 Å². The van der Waals surface area contributed by atoms with Crippen molar-refractivity contribution in [2.45, 2.75) is 26.4 Å². The molecule has 0 heterocycles. The fourth-order valence-electron chi connectivity index (χ4n) is 1.12. The highest BCUT2D eigenvalue weighted by molar-refractivity contribution is 5.25. The van der Waals surface area contributed by atoms with Crippen LogP contribution in [0.25, 0.3) is 0 Å². The van der Waals surface area contributed by atoms with Crippen molar-refractivity contribution in [1.29, 1.82) is 0 Å². The molecule has 0 saturated heterocycles. The molecule has 0 aliphatic carbocycles. The van der Waals surface area contributed by atoms with Gasteiger partial charge in [0.25, 0.3) is 0 Å². The Morgan fingerprint density at radius 3 is 2.75 bits per heavy atom. The summed E-state index contributed by atoms with van der Waals surface area (Å²) in [5.74, 6) is 0.517. The largest absolute Gasteiger partial charge is 0.251 e. The average molecular weight is 166 g/mol. The summed E-state index contributed by atoms with van der Waals surface area (Å²) in [6, 6.07) is 8.03. The Bertz CT molecular complexity index is 243. The molecule has 0 fully saturated rings. The van der Waals surface area contributed by atoms with E-state index in [0.29, 0.717) is 5.92 Å². The van der Waals surface area contributed by atoms with Gasteiger partial charge in [-0.25, -0.2) is 4.89 Å². The van der Waals surface area contributed by atoms with Crippen LogP contribution in [0.2, 0.25) is 0 Å². The van der Waals surface area contributed by atoms with E-state index >= 15 is 0 Å². The van der Waals surface area contributed by atoms with Crippen LogP contribution in [0, 0.1) is 0 Å². The first-order valence-corrected chi connectivity index (χ1v) is 4.09. The van der Waals surface area contributed by atoms with Gasteiger partial charge in [-0.2, -0.15) is 0 Å². The second-order valence-corrected chi connectivity index (χ2v) is 3.17. The van der Waals surface area contributed by atoms with Gasteiger partial charge in [0.15, 0.2) is 0 Å². The molecule has 0 radical (unpaired) electrons. The Kier molecular flexibility index (Phi) is 3.26. The molecule has 66 valence electrons. The Morgan fingerprint density at radius 1 is 1.42 bits per heavy atom. The Morgan fingerprint density at radius 2 is 2.17 bits per heavy atom. The molecule has 0 aliphatic rings. The first-order valence-electron chi connectivity index (χ1n) is 4.09. The predicted molar refractivity (Wildman–Crippen MR) is 47.9 cm³/mol. The van der Waals surface area contributed by atoms with Gasteiger partial charge in [-0.3, -0.25) is 5.26 Å². The molecule has 0 atom stereocenters. The number of hydrogen-bond donors (Lipinski definition) is 1. The standard InChI is InChI=1S/C10H14O2/c1-8(2)10-5-3-4-9(6-10)7-12-11/h3-6,8,11H,7H2,1-2H3. The molecular weight excluding hydrogens is 152 g/mol. The second-order valence-electron chi connectivity index (χ2n) is 3.17. The van der Waals surface area contributed by atoms with Crippen LogP contribution in [0.1, 0.15) is 30.9 Å². The topological polar surface area (TPSA) is 29.5 Å². The molecule has 0 aliphatic heterocycles. The van der Waals surface area contributed by atoms with E-state index in [9.17, 15) is 0 Å². The van der Waals surface area contributed by atoms with Gasteiger partial charge in [-0.1, -0.05) is 38.1 Å². The van der Waals surface area contributed by atoms with Crippen LogP contribution < -0.4 is 0 Å². The van der Waals surface area contributed by atoms with E-state index in [1.807, 2.05) is 18.2 Å². The van der Waals surface area contributed by atoms with Gasteiger partial charge in [-0.15, -0.1) is 0 Å². The van der Waals surface area contributed by atoms with Crippen LogP contribution in [0.4, 0.5) is 0 Å². The van der Waals surface area contributed by atoms with Crippen LogP contribution in [0.3, 0.4) is 0 Å². The lowest BCUT2D eigenvalue weighted by molar-refractivity contribution is -0.253. The minimum atomic E-state index is 0.264. The highest BCUT2D eigenvalue weighted by Gasteiger charge is 1.99. The van der Waals surface area contributed by atoms with Crippen molar-refractivity contribution in [3.8, 4) is 0 Å². The van der Waals surface area contributed by atoms with Crippen molar-refractivity contribution in [2.75, 3.05) is 0 Å². The summed E-state index contributed by atoms with van der Waals surface area (Å²) in [6.45, 7) is 4.54. The van der Waals surface area contributed by atoms with Gasteiger partial charge in [0.05, 0.1) is 0 Å². The van der Waals surface area contributed by atoms with Crippen molar-refractivity contribution in [3.63, 3.8) is 0 Å². The summed E-state index contributed by atoms with van der Waals surface area (Å²) < 4.78 is 0. The summed E-state index contributed by atoms with van der Waals surface area (Å²) in [7, 11) is 0. The molecule has 2 heteroatoms. The van der Waals surface area contributed by atoms with Crippen LogP contribution in [0.15, 0.2) is 24.3 Å². The first-order chi connectivity index (χ1) is 5.74.